The van der Waals surface area contributed by atoms with Crippen molar-refractivity contribution in [2.24, 2.45) is 0 Å². The molecule has 2 saturated heterocycles. The minimum absolute atomic E-state index is 0.296. The maximum atomic E-state index is 4.18. The number of hydrogen-bond acceptors (Lipinski definition) is 4. The molecule has 0 amide bonds. The van der Waals surface area contributed by atoms with Crippen molar-refractivity contribution in [3.05, 3.63) is 25.6 Å². The fraction of sp³-hybridized carbons (Fsp3) is 0.857. The molecule has 0 N–H and O–H groups in total. The molecule has 0 bridgehead atoms. The quantitative estimate of drug-likeness (QED) is 0.304. The second kappa shape index (κ2) is 14.3. The first kappa shape index (κ1) is 25.6. The van der Waals surface area contributed by atoms with E-state index in [1.807, 2.05) is 6.20 Å². The molecular weight excluding hydrogens is 392 g/mol. The molecular formula is C28H52N4. The molecule has 3 rings (SSSR count). The summed E-state index contributed by atoms with van der Waals surface area (Å²) >= 11 is 0. The van der Waals surface area contributed by atoms with Crippen LogP contribution in [0.2, 0.25) is 0 Å². The minimum Gasteiger partial charge on any atom is -0.364 e. The van der Waals surface area contributed by atoms with Crippen LogP contribution in [0.5, 0.6) is 0 Å². The van der Waals surface area contributed by atoms with E-state index in [0.717, 1.165) is 13.2 Å². The van der Waals surface area contributed by atoms with E-state index in [0.29, 0.717) is 5.66 Å². The second-order valence-corrected chi connectivity index (χ2v) is 10.5. The highest BCUT2D eigenvalue weighted by molar-refractivity contribution is 5.00. The van der Waals surface area contributed by atoms with Gasteiger partial charge in [0.15, 0.2) is 0 Å². The van der Waals surface area contributed by atoms with E-state index in [-0.39, 0.29) is 0 Å². The number of nitrogens with zero attached hydrogens (tertiary/aromatic N) is 4. The molecule has 0 atom stereocenters. The lowest BCUT2D eigenvalue weighted by atomic mass is 9.94. The maximum absolute atomic E-state index is 4.18. The zero-order chi connectivity index (χ0) is 22.5. The molecule has 1 saturated carbocycles. The van der Waals surface area contributed by atoms with Crippen LogP contribution >= 0.6 is 0 Å². The standard InChI is InChI=1S/C28H52N4/c1-3-29-23-24-30(27-29)21-17-13-9-5-6-10-14-18-22-32-26-25-31(4-2)28(32)19-15-11-7-8-12-16-20-28/h3-4H,1-2,5-27H2. The highest BCUT2D eigenvalue weighted by atomic mass is 15.5. The molecule has 1 spiro atoms. The van der Waals surface area contributed by atoms with Crippen molar-refractivity contribution >= 4 is 0 Å². The Bertz CT molecular complexity index is 524. The average molecular weight is 445 g/mol. The van der Waals surface area contributed by atoms with Gasteiger partial charge in [0, 0.05) is 32.7 Å². The van der Waals surface area contributed by atoms with Crippen molar-refractivity contribution in [2.45, 2.75) is 108 Å². The smallest absolute Gasteiger partial charge is 0.0928 e. The Labute approximate surface area is 199 Å². The molecule has 0 aromatic heterocycles. The predicted octanol–water partition coefficient (Wildman–Crippen LogP) is 6.42. The number of unbranched alkanes of at least 4 members (excludes halogenated alkanes) is 7. The average Bonchev–Trinajstić information content (AvgIpc) is 3.43. The Morgan fingerprint density at radius 1 is 0.594 bits per heavy atom. The van der Waals surface area contributed by atoms with Gasteiger partial charge in [-0.05, 0) is 57.5 Å². The van der Waals surface area contributed by atoms with Crippen molar-refractivity contribution in [3.8, 4) is 0 Å². The monoisotopic (exact) mass is 444 g/mol. The Morgan fingerprint density at radius 2 is 1.19 bits per heavy atom. The van der Waals surface area contributed by atoms with Gasteiger partial charge in [0.1, 0.15) is 0 Å². The van der Waals surface area contributed by atoms with Crippen LogP contribution in [0.3, 0.4) is 0 Å². The highest BCUT2D eigenvalue weighted by Crippen LogP contribution is 2.38. The van der Waals surface area contributed by atoms with E-state index < -0.39 is 0 Å². The summed E-state index contributed by atoms with van der Waals surface area (Å²) < 4.78 is 0. The van der Waals surface area contributed by atoms with Gasteiger partial charge in [-0.3, -0.25) is 9.80 Å². The van der Waals surface area contributed by atoms with Gasteiger partial charge in [0.05, 0.1) is 12.3 Å². The van der Waals surface area contributed by atoms with Gasteiger partial charge in [-0.2, -0.15) is 0 Å². The third kappa shape index (κ3) is 7.52. The molecule has 3 fully saturated rings. The summed E-state index contributed by atoms with van der Waals surface area (Å²) in [4.78, 5) is 10.3. The predicted molar refractivity (Wildman–Crippen MR) is 138 cm³/mol. The van der Waals surface area contributed by atoms with Gasteiger partial charge in [0.2, 0.25) is 0 Å². The lowest BCUT2D eigenvalue weighted by Gasteiger charge is -2.44. The fourth-order valence-electron chi connectivity index (χ4n) is 6.36. The minimum atomic E-state index is 0.296. The van der Waals surface area contributed by atoms with E-state index >= 15 is 0 Å². The molecule has 3 aliphatic rings. The van der Waals surface area contributed by atoms with Crippen LogP contribution in [0.15, 0.2) is 25.6 Å². The fourth-order valence-corrected chi connectivity index (χ4v) is 6.36. The summed E-state index contributed by atoms with van der Waals surface area (Å²) in [6, 6.07) is 0. The SMILES string of the molecule is C=CN1CCN(CCCCCCCCCCN2CCN(C=C)C23CCCCCCCC3)C1. The molecule has 184 valence electrons. The van der Waals surface area contributed by atoms with Crippen molar-refractivity contribution in [1.29, 1.82) is 0 Å². The zero-order valence-corrected chi connectivity index (χ0v) is 21.1. The first-order chi connectivity index (χ1) is 15.8. The molecule has 2 aliphatic heterocycles. The Kier molecular flexibility index (Phi) is 11.5. The summed E-state index contributed by atoms with van der Waals surface area (Å²) in [5, 5.41) is 0. The topological polar surface area (TPSA) is 13.0 Å². The van der Waals surface area contributed by atoms with Crippen LogP contribution in [-0.4, -0.2) is 71.2 Å². The molecule has 0 radical (unpaired) electrons. The maximum Gasteiger partial charge on any atom is 0.0928 e. The van der Waals surface area contributed by atoms with Crippen molar-refractivity contribution < 1.29 is 0 Å². The normalized spacial score (nSPS) is 22.8. The largest absolute Gasteiger partial charge is 0.364 e. The van der Waals surface area contributed by atoms with Crippen LogP contribution in [0.4, 0.5) is 0 Å². The third-order valence-corrected chi connectivity index (χ3v) is 8.35. The first-order valence-electron chi connectivity index (χ1n) is 14.0. The Morgan fingerprint density at radius 3 is 1.78 bits per heavy atom. The van der Waals surface area contributed by atoms with Gasteiger partial charge >= 0.3 is 0 Å². The van der Waals surface area contributed by atoms with E-state index in [1.54, 1.807) is 0 Å². The molecule has 4 heteroatoms. The third-order valence-electron chi connectivity index (χ3n) is 8.35. The Hall–Kier alpha value is -1.00. The van der Waals surface area contributed by atoms with Crippen molar-refractivity contribution in [1.82, 2.24) is 19.6 Å². The van der Waals surface area contributed by atoms with Crippen LogP contribution in [0, 0.1) is 0 Å². The molecule has 0 aromatic carbocycles. The van der Waals surface area contributed by atoms with Crippen molar-refractivity contribution in [3.63, 3.8) is 0 Å². The first-order valence-corrected chi connectivity index (χ1v) is 14.0. The van der Waals surface area contributed by atoms with Crippen molar-refractivity contribution in [2.75, 3.05) is 45.9 Å². The Balaban J connectivity index is 1.24. The van der Waals surface area contributed by atoms with E-state index in [9.17, 15) is 0 Å². The highest BCUT2D eigenvalue weighted by Gasteiger charge is 2.44. The summed E-state index contributed by atoms with van der Waals surface area (Å²) in [6.45, 7) is 16.5. The zero-order valence-electron chi connectivity index (χ0n) is 21.1. The number of rotatable bonds is 13. The van der Waals surface area contributed by atoms with Gasteiger partial charge in [0.25, 0.3) is 0 Å². The molecule has 0 aromatic rings. The van der Waals surface area contributed by atoms with Crippen LogP contribution in [0.1, 0.15) is 103 Å². The summed E-state index contributed by atoms with van der Waals surface area (Å²) in [5.41, 5.74) is 0.296. The lowest BCUT2D eigenvalue weighted by molar-refractivity contribution is 0.0207. The molecule has 1 aliphatic carbocycles. The van der Waals surface area contributed by atoms with E-state index in [2.05, 4.69) is 39.0 Å². The summed E-state index contributed by atoms with van der Waals surface area (Å²) in [7, 11) is 0. The molecule has 32 heavy (non-hydrogen) atoms. The second-order valence-electron chi connectivity index (χ2n) is 10.5. The van der Waals surface area contributed by atoms with Crippen LogP contribution in [-0.2, 0) is 0 Å². The van der Waals surface area contributed by atoms with Crippen LogP contribution < -0.4 is 0 Å². The summed E-state index contributed by atoms with van der Waals surface area (Å²) in [5.74, 6) is 0. The van der Waals surface area contributed by atoms with Gasteiger partial charge in [-0.15, -0.1) is 0 Å². The van der Waals surface area contributed by atoms with Gasteiger partial charge in [-0.25, -0.2) is 0 Å². The number of hydrogen-bond donors (Lipinski definition) is 0. The molecule has 0 unspecified atom stereocenters. The molecule has 4 nitrogen and oxygen atoms in total. The van der Waals surface area contributed by atoms with Gasteiger partial charge < -0.3 is 9.80 Å². The van der Waals surface area contributed by atoms with Gasteiger partial charge in [-0.1, -0.05) is 77.4 Å². The van der Waals surface area contributed by atoms with E-state index in [4.69, 9.17) is 0 Å². The molecule has 2 heterocycles. The summed E-state index contributed by atoms with van der Waals surface area (Å²) in [6.07, 6.45) is 26.6. The lowest BCUT2D eigenvalue weighted by Crippen LogP contribution is -2.51. The van der Waals surface area contributed by atoms with E-state index in [1.165, 1.54) is 135 Å². The van der Waals surface area contributed by atoms with Crippen LogP contribution in [0.25, 0.3) is 0 Å².